The summed E-state index contributed by atoms with van der Waals surface area (Å²) in [6.45, 7) is 4.55. The average molecular weight is 160 g/mol. The van der Waals surface area contributed by atoms with E-state index in [0.29, 0.717) is 11.6 Å². The first-order valence-corrected chi connectivity index (χ1v) is 5.10. The van der Waals surface area contributed by atoms with Crippen molar-refractivity contribution in [2.75, 3.05) is 0 Å². The highest BCUT2D eigenvalue weighted by Crippen LogP contribution is 2.37. The van der Waals surface area contributed by atoms with Crippen molar-refractivity contribution in [3.63, 3.8) is 0 Å². The topological polar surface area (TPSA) is 0 Å². The van der Waals surface area contributed by atoms with E-state index >= 15 is 0 Å². The quantitative estimate of drug-likeness (QED) is 0.408. The van der Waals surface area contributed by atoms with Crippen molar-refractivity contribution in [2.45, 2.75) is 51.2 Å². The predicted molar refractivity (Wildman–Crippen MR) is 55.8 cm³/mol. The fourth-order valence-electron chi connectivity index (χ4n) is 2.08. The largest absolute Gasteiger partial charge is 0.0771 e. The van der Waals surface area contributed by atoms with E-state index in [1.165, 1.54) is 12.8 Å². The van der Waals surface area contributed by atoms with E-state index in [4.69, 9.17) is 15.7 Å². The highest BCUT2D eigenvalue weighted by atomic mass is 14.3. The van der Waals surface area contributed by atoms with Gasteiger partial charge in [0, 0.05) is 0 Å². The lowest BCUT2D eigenvalue weighted by Crippen LogP contribution is -2.11. The molecule has 1 fully saturated rings. The Morgan fingerprint density at radius 3 is 1.75 bits per heavy atom. The predicted octanol–water partition coefficient (Wildman–Crippen LogP) is 2.75. The van der Waals surface area contributed by atoms with Crippen LogP contribution in [0.2, 0.25) is 11.6 Å². The SMILES string of the molecule is [B]C1CCC([B])CC(C(C)C)C1. The molecule has 0 heterocycles. The molecule has 0 N–H and O–H groups in total. The molecular weight excluding hydrogens is 142 g/mol. The molecule has 1 saturated carbocycles. The van der Waals surface area contributed by atoms with Crippen LogP contribution < -0.4 is 0 Å². The molecule has 1 aliphatic carbocycles. The molecule has 2 heteroatoms. The van der Waals surface area contributed by atoms with Crippen LogP contribution in [0.5, 0.6) is 0 Å². The van der Waals surface area contributed by atoms with Gasteiger partial charge in [0.15, 0.2) is 0 Å². The standard InChI is InChI=1S/C10H18B2/c1-7(2)8-5-9(11)3-4-10(12)6-8/h7-10H,3-6H2,1-2H3. The van der Waals surface area contributed by atoms with Crippen LogP contribution >= 0.6 is 0 Å². The second-order valence-corrected chi connectivity index (χ2v) is 4.57. The Labute approximate surface area is 79.3 Å². The number of hydrogen-bond acceptors (Lipinski definition) is 0. The van der Waals surface area contributed by atoms with E-state index < -0.39 is 0 Å². The Kier molecular flexibility index (Phi) is 3.74. The highest BCUT2D eigenvalue weighted by molar-refractivity contribution is 6.13. The van der Waals surface area contributed by atoms with E-state index in [0.717, 1.165) is 24.7 Å². The van der Waals surface area contributed by atoms with Gasteiger partial charge >= 0.3 is 0 Å². The first-order chi connectivity index (χ1) is 5.59. The van der Waals surface area contributed by atoms with Gasteiger partial charge in [0.2, 0.25) is 0 Å². The lowest BCUT2D eigenvalue weighted by molar-refractivity contribution is 0.343. The molecule has 0 bridgehead atoms. The fourth-order valence-corrected chi connectivity index (χ4v) is 2.08. The molecule has 2 atom stereocenters. The van der Waals surface area contributed by atoms with Gasteiger partial charge in [0.05, 0.1) is 15.7 Å². The third-order valence-corrected chi connectivity index (χ3v) is 3.06. The zero-order chi connectivity index (χ0) is 9.14. The summed E-state index contributed by atoms with van der Waals surface area (Å²) < 4.78 is 0. The van der Waals surface area contributed by atoms with Gasteiger partial charge in [-0.25, -0.2) is 0 Å². The Bertz CT molecular complexity index is 122. The minimum Gasteiger partial charge on any atom is -0.0771 e. The van der Waals surface area contributed by atoms with Crippen molar-refractivity contribution in [3.8, 4) is 0 Å². The lowest BCUT2D eigenvalue weighted by atomic mass is 9.74. The summed E-state index contributed by atoms with van der Waals surface area (Å²) in [5.41, 5.74) is 0. The number of hydrogen-bond donors (Lipinski definition) is 0. The van der Waals surface area contributed by atoms with Crippen molar-refractivity contribution in [2.24, 2.45) is 11.8 Å². The summed E-state index contributed by atoms with van der Waals surface area (Å²) in [6, 6.07) is 0. The van der Waals surface area contributed by atoms with Crippen LogP contribution in [0.15, 0.2) is 0 Å². The van der Waals surface area contributed by atoms with Gasteiger partial charge in [0.1, 0.15) is 0 Å². The van der Waals surface area contributed by atoms with Crippen LogP contribution in [0.4, 0.5) is 0 Å². The van der Waals surface area contributed by atoms with E-state index in [-0.39, 0.29) is 0 Å². The molecule has 0 amide bonds. The first-order valence-electron chi connectivity index (χ1n) is 5.10. The minimum absolute atomic E-state index is 0.394. The van der Waals surface area contributed by atoms with E-state index in [1.807, 2.05) is 0 Å². The van der Waals surface area contributed by atoms with Gasteiger partial charge in [-0.3, -0.25) is 0 Å². The first kappa shape index (κ1) is 10.2. The fraction of sp³-hybridized carbons (Fsp3) is 1.00. The average Bonchev–Trinajstić information content (AvgIpc) is 2.13. The monoisotopic (exact) mass is 160 g/mol. The van der Waals surface area contributed by atoms with E-state index in [2.05, 4.69) is 13.8 Å². The Morgan fingerprint density at radius 2 is 1.42 bits per heavy atom. The van der Waals surface area contributed by atoms with Crippen molar-refractivity contribution in [1.29, 1.82) is 0 Å². The maximum atomic E-state index is 5.97. The molecule has 4 radical (unpaired) electrons. The van der Waals surface area contributed by atoms with Crippen molar-refractivity contribution in [3.05, 3.63) is 0 Å². The zero-order valence-electron chi connectivity index (χ0n) is 8.29. The molecule has 1 rings (SSSR count). The summed E-state index contributed by atoms with van der Waals surface area (Å²) in [4.78, 5) is 0. The molecule has 0 nitrogen and oxygen atoms in total. The second-order valence-electron chi connectivity index (χ2n) is 4.57. The van der Waals surface area contributed by atoms with Crippen LogP contribution in [0.25, 0.3) is 0 Å². The maximum Gasteiger partial charge on any atom is 0.0699 e. The van der Waals surface area contributed by atoms with Crippen LogP contribution in [0.3, 0.4) is 0 Å². The zero-order valence-corrected chi connectivity index (χ0v) is 8.29. The molecule has 0 spiro atoms. The molecule has 0 aromatic rings. The third kappa shape index (κ3) is 2.88. The van der Waals surface area contributed by atoms with Crippen LogP contribution in [0.1, 0.15) is 39.5 Å². The Balaban J connectivity index is 2.49. The number of rotatable bonds is 1. The molecule has 0 saturated heterocycles. The summed E-state index contributed by atoms with van der Waals surface area (Å²) in [5, 5.41) is 0. The van der Waals surface area contributed by atoms with Gasteiger partial charge < -0.3 is 0 Å². The van der Waals surface area contributed by atoms with Crippen molar-refractivity contribution in [1.82, 2.24) is 0 Å². The summed E-state index contributed by atoms with van der Waals surface area (Å²) in [6.07, 6.45) is 4.57. The van der Waals surface area contributed by atoms with E-state index in [9.17, 15) is 0 Å². The van der Waals surface area contributed by atoms with Gasteiger partial charge in [-0.2, -0.15) is 0 Å². The molecule has 0 aromatic heterocycles. The maximum absolute atomic E-state index is 5.97. The van der Waals surface area contributed by atoms with Crippen molar-refractivity contribution < 1.29 is 0 Å². The Morgan fingerprint density at radius 1 is 1.00 bits per heavy atom. The second kappa shape index (κ2) is 4.39. The van der Waals surface area contributed by atoms with Gasteiger partial charge in [-0.1, -0.05) is 51.2 Å². The van der Waals surface area contributed by atoms with Gasteiger partial charge in [-0.15, -0.1) is 0 Å². The lowest BCUT2D eigenvalue weighted by Gasteiger charge is -2.22. The Hall–Kier alpha value is 0.130. The molecule has 0 aromatic carbocycles. The summed E-state index contributed by atoms with van der Waals surface area (Å²) >= 11 is 0. The highest BCUT2D eigenvalue weighted by Gasteiger charge is 2.22. The molecular formula is C10H18B2. The summed E-state index contributed by atoms with van der Waals surface area (Å²) in [7, 11) is 11.9. The minimum atomic E-state index is 0.394. The molecule has 64 valence electrons. The summed E-state index contributed by atoms with van der Waals surface area (Å²) in [5.74, 6) is 2.27. The van der Waals surface area contributed by atoms with Crippen molar-refractivity contribution >= 4 is 15.7 Å². The van der Waals surface area contributed by atoms with Gasteiger partial charge in [0.25, 0.3) is 0 Å². The molecule has 1 aliphatic rings. The van der Waals surface area contributed by atoms with Crippen LogP contribution in [-0.4, -0.2) is 15.7 Å². The van der Waals surface area contributed by atoms with Gasteiger partial charge in [-0.05, 0) is 11.8 Å². The molecule has 2 unspecified atom stereocenters. The van der Waals surface area contributed by atoms with Crippen LogP contribution in [-0.2, 0) is 0 Å². The molecule has 12 heavy (non-hydrogen) atoms. The van der Waals surface area contributed by atoms with E-state index in [1.54, 1.807) is 0 Å². The normalized spacial score (nSPS) is 38.1. The van der Waals surface area contributed by atoms with Crippen LogP contribution in [0, 0.1) is 11.8 Å². The third-order valence-electron chi connectivity index (χ3n) is 3.06. The molecule has 0 aliphatic heterocycles. The smallest absolute Gasteiger partial charge is 0.0699 e.